The lowest BCUT2D eigenvalue weighted by atomic mass is 9.97. The number of benzene rings is 1. The molecule has 148 valence electrons. The smallest absolute Gasteiger partial charge is 0.242 e. The molecule has 1 heterocycles. The molecule has 1 saturated carbocycles. The number of carbonyl (C=O) groups excluding carboxylic acids is 1. The average molecular weight is 372 g/mol. The Labute approximate surface area is 162 Å². The molecule has 0 spiro atoms. The van der Waals surface area contributed by atoms with Crippen molar-refractivity contribution in [3.63, 3.8) is 0 Å². The highest BCUT2D eigenvalue weighted by Gasteiger charge is 2.26. The van der Waals surface area contributed by atoms with E-state index in [0.29, 0.717) is 18.1 Å². The van der Waals surface area contributed by atoms with E-state index >= 15 is 0 Å². The summed E-state index contributed by atoms with van der Waals surface area (Å²) in [6.07, 6.45) is 4.36. The van der Waals surface area contributed by atoms with E-state index in [1.165, 1.54) is 5.56 Å². The van der Waals surface area contributed by atoms with E-state index < -0.39 is 0 Å². The summed E-state index contributed by atoms with van der Waals surface area (Å²) in [5, 5.41) is 9.78. The molecule has 6 heteroatoms. The Morgan fingerprint density at radius 2 is 1.93 bits per heavy atom. The standard InChI is InChI=1S/C21H33N5O/c1-3-22-21(23-14-20(27)24-18-9-10-18)25-19-11-12-26(16(2)13-19)15-17-7-5-4-6-8-17/h4-8,16,18-19H,3,9-15H2,1-2H3,(H,24,27)(H2,22,23,25). The molecule has 1 aliphatic heterocycles. The van der Waals surface area contributed by atoms with Crippen LogP contribution >= 0.6 is 0 Å². The topological polar surface area (TPSA) is 68.8 Å². The van der Waals surface area contributed by atoms with Gasteiger partial charge in [-0.2, -0.15) is 0 Å². The number of carbonyl (C=O) groups is 1. The first-order chi connectivity index (χ1) is 13.1. The van der Waals surface area contributed by atoms with Gasteiger partial charge in [0.15, 0.2) is 5.96 Å². The third-order valence-corrected chi connectivity index (χ3v) is 5.25. The molecule has 1 saturated heterocycles. The van der Waals surface area contributed by atoms with E-state index in [1.54, 1.807) is 0 Å². The predicted molar refractivity (Wildman–Crippen MR) is 110 cm³/mol. The van der Waals surface area contributed by atoms with Crippen LogP contribution in [0.15, 0.2) is 35.3 Å². The van der Waals surface area contributed by atoms with Crippen LogP contribution in [0.4, 0.5) is 0 Å². The molecule has 1 amide bonds. The van der Waals surface area contributed by atoms with Gasteiger partial charge in [0, 0.05) is 37.8 Å². The number of hydrogen-bond acceptors (Lipinski definition) is 3. The molecule has 2 aliphatic rings. The van der Waals surface area contributed by atoms with E-state index in [1.807, 2.05) is 6.92 Å². The quantitative estimate of drug-likeness (QED) is 0.506. The van der Waals surface area contributed by atoms with Crippen molar-refractivity contribution in [3.05, 3.63) is 35.9 Å². The lowest BCUT2D eigenvalue weighted by Gasteiger charge is -2.38. The Morgan fingerprint density at radius 1 is 1.15 bits per heavy atom. The van der Waals surface area contributed by atoms with E-state index in [0.717, 1.165) is 51.3 Å². The summed E-state index contributed by atoms with van der Waals surface area (Å²) in [7, 11) is 0. The number of hydrogen-bond donors (Lipinski definition) is 3. The molecule has 2 fully saturated rings. The lowest BCUT2D eigenvalue weighted by Crippen LogP contribution is -2.51. The molecule has 2 unspecified atom stereocenters. The summed E-state index contributed by atoms with van der Waals surface area (Å²) in [6.45, 7) is 7.39. The van der Waals surface area contributed by atoms with Gasteiger partial charge in [0.05, 0.1) is 0 Å². The Kier molecular flexibility index (Phi) is 7.10. The number of guanidine groups is 1. The molecule has 2 atom stereocenters. The molecular formula is C21H33N5O. The van der Waals surface area contributed by atoms with Crippen LogP contribution in [0.5, 0.6) is 0 Å². The van der Waals surface area contributed by atoms with Crippen LogP contribution in [0, 0.1) is 0 Å². The summed E-state index contributed by atoms with van der Waals surface area (Å²) in [6, 6.07) is 11.9. The van der Waals surface area contributed by atoms with Gasteiger partial charge < -0.3 is 16.0 Å². The first-order valence-corrected chi connectivity index (χ1v) is 10.3. The Morgan fingerprint density at radius 3 is 2.59 bits per heavy atom. The normalized spacial score (nSPS) is 23.7. The van der Waals surface area contributed by atoms with Gasteiger partial charge >= 0.3 is 0 Å². The zero-order chi connectivity index (χ0) is 19.1. The Bertz CT molecular complexity index is 629. The predicted octanol–water partition coefficient (Wildman–Crippen LogP) is 1.87. The maximum Gasteiger partial charge on any atom is 0.242 e. The van der Waals surface area contributed by atoms with Crippen LogP contribution in [-0.4, -0.2) is 54.5 Å². The molecular weight excluding hydrogens is 338 g/mol. The molecule has 3 rings (SSSR count). The van der Waals surface area contributed by atoms with Gasteiger partial charge in [0.2, 0.25) is 5.91 Å². The van der Waals surface area contributed by atoms with Gasteiger partial charge in [-0.3, -0.25) is 9.69 Å². The highest BCUT2D eigenvalue weighted by Crippen LogP contribution is 2.20. The number of likely N-dealkylation sites (tertiary alicyclic amines) is 1. The first kappa shape index (κ1) is 19.7. The van der Waals surface area contributed by atoms with Crippen molar-refractivity contribution in [1.29, 1.82) is 0 Å². The second kappa shape index (κ2) is 9.74. The third kappa shape index (κ3) is 6.54. The molecule has 1 aromatic rings. The second-order valence-corrected chi connectivity index (χ2v) is 7.71. The molecule has 3 N–H and O–H groups in total. The highest BCUT2D eigenvalue weighted by molar-refractivity contribution is 5.85. The van der Waals surface area contributed by atoms with Crippen LogP contribution in [0.2, 0.25) is 0 Å². The average Bonchev–Trinajstić information content (AvgIpc) is 3.47. The van der Waals surface area contributed by atoms with E-state index in [2.05, 4.69) is 63.1 Å². The maximum atomic E-state index is 11.9. The Balaban J connectivity index is 1.47. The zero-order valence-corrected chi connectivity index (χ0v) is 16.6. The summed E-state index contributed by atoms with van der Waals surface area (Å²) >= 11 is 0. The van der Waals surface area contributed by atoms with Crippen molar-refractivity contribution < 1.29 is 4.79 Å². The van der Waals surface area contributed by atoms with Crippen molar-refractivity contribution in [2.45, 2.75) is 64.2 Å². The molecule has 0 bridgehead atoms. The monoisotopic (exact) mass is 371 g/mol. The van der Waals surface area contributed by atoms with Crippen LogP contribution in [0.25, 0.3) is 0 Å². The minimum atomic E-state index is 0.0146. The minimum absolute atomic E-state index is 0.0146. The largest absolute Gasteiger partial charge is 0.357 e. The molecule has 1 aliphatic carbocycles. The van der Waals surface area contributed by atoms with Gasteiger partial charge in [-0.15, -0.1) is 0 Å². The van der Waals surface area contributed by atoms with Gasteiger partial charge in [-0.1, -0.05) is 30.3 Å². The molecule has 0 aromatic heterocycles. The van der Waals surface area contributed by atoms with Crippen LogP contribution < -0.4 is 16.0 Å². The summed E-state index contributed by atoms with van der Waals surface area (Å²) in [5.74, 6) is 0.762. The number of nitrogens with one attached hydrogen (secondary N) is 3. The zero-order valence-electron chi connectivity index (χ0n) is 16.6. The van der Waals surface area contributed by atoms with E-state index in [-0.39, 0.29) is 12.5 Å². The van der Waals surface area contributed by atoms with Gasteiger partial charge in [0.1, 0.15) is 6.54 Å². The second-order valence-electron chi connectivity index (χ2n) is 7.71. The van der Waals surface area contributed by atoms with Gasteiger partial charge in [-0.25, -0.2) is 4.99 Å². The SMILES string of the molecule is CCNC(=NCC(=O)NC1CC1)NC1CCN(Cc2ccccc2)C(C)C1. The summed E-state index contributed by atoms with van der Waals surface area (Å²) < 4.78 is 0. The van der Waals surface area contributed by atoms with Crippen LogP contribution in [0.3, 0.4) is 0 Å². The van der Waals surface area contributed by atoms with Crippen molar-refractivity contribution in [2.75, 3.05) is 19.6 Å². The summed E-state index contributed by atoms with van der Waals surface area (Å²) in [4.78, 5) is 18.9. The van der Waals surface area contributed by atoms with E-state index in [9.17, 15) is 4.79 Å². The number of rotatable bonds is 7. The number of aliphatic imine (C=N–C) groups is 1. The fraction of sp³-hybridized carbons (Fsp3) is 0.619. The Hall–Kier alpha value is -2.08. The molecule has 0 radical (unpaired) electrons. The molecule has 27 heavy (non-hydrogen) atoms. The minimum Gasteiger partial charge on any atom is -0.357 e. The van der Waals surface area contributed by atoms with Crippen LogP contribution in [0.1, 0.15) is 45.1 Å². The number of piperidine rings is 1. The first-order valence-electron chi connectivity index (χ1n) is 10.3. The van der Waals surface area contributed by atoms with Crippen molar-refractivity contribution in [2.24, 2.45) is 4.99 Å². The third-order valence-electron chi connectivity index (χ3n) is 5.25. The van der Waals surface area contributed by atoms with E-state index in [4.69, 9.17) is 0 Å². The lowest BCUT2D eigenvalue weighted by molar-refractivity contribution is -0.119. The summed E-state index contributed by atoms with van der Waals surface area (Å²) in [5.41, 5.74) is 1.37. The molecule has 6 nitrogen and oxygen atoms in total. The number of nitrogens with zero attached hydrogens (tertiary/aromatic N) is 2. The fourth-order valence-electron chi connectivity index (χ4n) is 3.57. The number of amides is 1. The van der Waals surface area contributed by atoms with Crippen molar-refractivity contribution >= 4 is 11.9 Å². The van der Waals surface area contributed by atoms with Crippen molar-refractivity contribution in [3.8, 4) is 0 Å². The van der Waals surface area contributed by atoms with Gasteiger partial charge in [-0.05, 0) is 45.1 Å². The van der Waals surface area contributed by atoms with Gasteiger partial charge in [0.25, 0.3) is 0 Å². The maximum absolute atomic E-state index is 11.9. The molecule has 1 aromatic carbocycles. The fourth-order valence-corrected chi connectivity index (χ4v) is 3.57. The highest BCUT2D eigenvalue weighted by atomic mass is 16.2. The van der Waals surface area contributed by atoms with Crippen molar-refractivity contribution in [1.82, 2.24) is 20.9 Å². The van der Waals surface area contributed by atoms with Crippen LogP contribution in [-0.2, 0) is 11.3 Å².